The van der Waals surface area contributed by atoms with Gasteiger partial charge < -0.3 is 15.0 Å². The Morgan fingerprint density at radius 2 is 2.19 bits per heavy atom. The van der Waals surface area contributed by atoms with Crippen molar-refractivity contribution in [2.75, 3.05) is 19.6 Å². The van der Waals surface area contributed by atoms with Crippen LogP contribution < -0.4 is 10.1 Å². The summed E-state index contributed by atoms with van der Waals surface area (Å²) in [5.74, 6) is 2.41. The highest BCUT2D eigenvalue weighted by molar-refractivity contribution is 5.75. The molecule has 0 bridgehead atoms. The monoisotopic (exact) mass is 298 g/mol. The molecule has 1 aliphatic rings. The number of rotatable bonds is 3. The predicted molar refractivity (Wildman–Crippen MR) is 69.7 cm³/mol. The first kappa shape index (κ1) is 15.0. The molecule has 112 valence electrons. The third kappa shape index (κ3) is 3.81. The van der Waals surface area contributed by atoms with E-state index >= 15 is 0 Å². The molecular weight excluding hydrogens is 285 g/mol. The van der Waals surface area contributed by atoms with Gasteiger partial charge in [0.2, 0.25) is 0 Å². The zero-order valence-corrected chi connectivity index (χ0v) is 11.0. The summed E-state index contributed by atoms with van der Waals surface area (Å²) in [6, 6.07) is 4.36. The van der Waals surface area contributed by atoms with Crippen molar-refractivity contribution in [1.82, 2.24) is 10.2 Å². The fourth-order valence-electron chi connectivity index (χ4n) is 1.86. The summed E-state index contributed by atoms with van der Waals surface area (Å²) in [6.45, 7) is 0.758. The molecule has 1 saturated heterocycles. The van der Waals surface area contributed by atoms with Gasteiger partial charge in [-0.1, -0.05) is 12.0 Å². The molecule has 7 heteroatoms. The van der Waals surface area contributed by atoms with Gasteiger partial charge in [-0.25, -0.2) is 4.79 Å². The topological polar surface area (TPSA) is 41.6 Å². The first-order valence-corrected chi connectivity index (χ1v) is 6.20. The maximum atomic E-state index is 12.6. The van der Waals surface area contributed by atoms with Gasteiger partial charge in [0.25, 0.3) is 0 Å². The molecular formula is C14H13F3N2O2. The van der Waals surface area contributed by atoms with E-state index in [0.717, 1.165) is 12.1 Å². The average Bonchev–Trinajstić information content (AvgIpc) is 2.39. The molecule has 4 nitrogen and oxygen atoms in total. The van der Waals surface area contributed by atoms with Crippen LogP contribution >= 0.6 is 0 Å². The van der Waals surface area contributed by atoms with E-state index in [4.69, 9.17) is 11.2 Å². The van der Waals surface area contributed by atoms with Crippen molar-refractivity contribution in [2.45, 2.75) is 12.3 Å². The molecule has 0 atom stereocenters. The minimum Gasteiger partial charge on any atom is -0.487 e. The molecule has 0 radical (unpaired) electrons. The molecule has 1 fully saturated rings. The molecule has 0 aromatic heterocycles. The molecule has 1 aromatic carbocycles. The van der Waals surface area contributed by atoms with Crippen molar-refractivity contribution in [3.63, 3.8) is 0 Å². The van der Waals surface area contributed by atoms with Gasteiger partial charge >= 0.3 is 12.2 Å². The molecule has 1 N–H and O–H groups in total. The summed E-state index contributed by atoms with van der Waals surface area (Å²) in [5.41, 5.74) is -0.761. The van der Waals surface area contributed by atoms with E-state index in [1.165, 1.54) is 17.0 Å². The number of urea groups is 1. The lowest BCUT2D eigenvalue weighted by Gasteiger charge is -2.38. The molecule has 0 unspecified atom stereocenters. The number of hydrogen-bond donors (Lipinski definition) is 1. The smallest absolute Gasteiger partial charge is 0.416 e. The van der Waals surface area contributed by atoms with E-state index in [0.29, 0.717) is 13.1 Å². The number of alkyl halides is 3. The average molecular weight is 298 g/mol. The summed E-state index contributed by atoms with van der Waals surface area (Å²) < 4.78 is 43.1. The number of hydrogen-bond acceptors (Lipinski definition) is 2. The summed E-state index contributed by atoms with van der Waals surface area (Å²) in [5, 5.41) is 2.49. The molecule has 0 saturated carbocycles. The van der Waals surface area contributed by atoms with Crippen molar-refractivity contribution in [1.29, 1.82) is 0 Å². The minimum absolute atomic E-state index is 0.133. The molecule has 0 spiro atoms. The zero-order chi connectivity index (χ0) is 15.5. The van der Waals surface area contributed by atoms with E-state index in [1.807, 2.05) is 0 Å². The number of terminal acetylenes is 1. The Morgan fingerprint density at radius 3 is 2.81 bits per heavy atom. The number of nitrogens with one attached hydrogen (secondary N) is 1. The number of amides is 2. The van der Waals surface area contributed by atoms with Gasteiger partial charge in [-0.3, -0.25) is 0 Å². The Kier molecular flexibility index (Phi) is 4.26. The second-order valence-electron chi connectivity index (χ2n) is 4.53. The van der Waals surface area contributed by atoms with Crippen molar-refractivity contribution >= 4 is 6.03 Å². The summed E-state index contributed by atoms with van der Waals surface area (Å²) in [7, 11) is 0. The third-order valence-corrected chi connectivity index (χ3v) is 2.94. The SMILES string of the molecule is C#CCNC(=O)N1CC(Oc2cccc(C(F)(F)F)c2)C1. The van der Waals surface area contributed by atoms with Crippen LogP contribution in [0.5, 0.6) is 5.75 Å². The minimum atomic E-state index is -4.40. The van der Waals surface area contributed by atoms with Gasteiger partial charge in [0.1, 0.15) is 11.9 Å². The van der Waals surface area contributed by atoms with Gasteiger partial charge in [-0.2, -0.15) is 13.2 Å². The second kappa shape index (κ2) is 5.95. The van der Waals surface area contributed by atoms with Crippen molar-refractivity contribution in [3.8, 4) is 18.1 Å². The van der Waals surface area contributed by atoms with Crippen LogP contribution in [0, 0.1) is 12.3 Å². The van der Waals surface area contributed by atoms with E-state index in [-0.39, 0.29) is 24.4 Å². The van der Waals surface area contributed by atoms with Crippen molar-refractivity contribution < 1.29 is 22.7 Å². The molecule has 1 aromatic rings. The molecule has 21 heavy (non-hydrogen) atoms. The highest BCUT2D eigenvalue weighted by atomic mass is 19.4. The number of halogens is 3. The third-order valence-electron chi connectivity index (χ3n) is 2.94. The Labute approximate surface area is 119 Å². The standard InChI is InChI=1S/C14H13F3N2O2/c1-2-6-18-13(20)19-8-12(9-19)21-11-5-3-4-10(7-11)14(15,16)17/h1,3-5,7,12H,6,8-9H2,(H,18,20). The van der Waals surface area contributed by atoms with E-state index in [1.54, 1.807) is 0 Å². The van der Waals surface area contributed by atoms with Crippen LogP contribution in [0.3, 0.4) is 0 Å². The predicted octanol–water partition coefficient (Wildman–Crippen LogP) is 2.11. The lowest BCUT2D eigenvalue weighted by Crippen LogP contribution is -2.58. The molecule has 2 rings (SSSR count). The van der Waals surface area contributed by atoms with Crippen LogP contribution in [-0.2, 0) is 6.18 Å². The van der Waals surface area contributed by atoms with E-state index < -0.39 is 11.7 Å². The van der Waals surface area contributed by atoms with Gasteiger partial charge in [0, 0.05) is 0 Å². The number of nitrogens with zero attached hydrogens (tertiary/aromatic N) is 1. The normalized spacial score (nSPS) is 15.0. The number of benzene rings is 1. The second-order valence-corrected chi connectivity index (χ2v) is 4.53. The summed E-state index contributed by atoms with van der Waals surface area (Å²) in [4.78, 5) is 13.0. The van der Waals surface area contributed by atoms with E-state index in [2.05, 4.69) is 11.2 Å². The lowest BCUT2D eigenvalue weighted by atomic mass is 10.1. The summed E-state index contributed by atoms with van der Waals surface area (Å²) in [6.07, 6.45) is 0.298. The Balaban J connectivity index is 1.86. The quantitative estimate of drug-likeness (QED) is 0.868. The molecule has 0 aliphatic carbocycles. The number of carbonyl (C=O) groups excluding carboxylic acids is 1. The van der Waals surface area contributed by atoms with Crippen molar-refractivity contribution in [3.05, 3.63) is 29.8 Å². The number of carbonyl (C=O) groups is 1. The van der Waals surface area contributed by atoms with Crippen molar-refractivity contribution in [2.24, 2.45) is 0 Å². The van der Waals surface area contributed by atoms with Gasteiger partial charge in [0.05, 0.1) is 25.2 Å². The molecule has 1 aliphatic heterocycles. The Bertz CT molecular complexity index is 560. The lowest BCUT2D eigenvalue weighted by molar-refractivity contribution is -0.137. The Morgan fingerprint density at radius 1 is 1.48 bits per heavy atom. The summed E-state index contributed by atoms with van der Waals surface area (Å²) >= 11 is 0. The van der Waals surface area contributed by atoms with Crippen LogP contribution in [0.4, 0.5) is 18.0 Å². The fraction of sp³-hybridized carbons (Fsp3) is 0.357. The van der Waals surface area contributed by atoms with Crippen LogP contribution in [0.2, 0.25) is 0 Å². The zero-order valence-electron chi connectivity index (χ0n) is 11.0. The van der Waals surface area contributed by atoms with Crippen LogP contribution in [0.25, 0.3) is 0 Å². The maximum Gasteiger partial charge on any atom is 0.416 e. The van der Waals surface area contributed by atoms with Gasteiger partial charge in [0.15, 0.2) is 0 Å². The molecule has 1 heterocycles. The maximum absolute atomic E-state index is 12.6. The first-order valence-electron chi connectivity index (χ1n) is 6.20. The Hall–Kier alpha value is -2.36. The van der Waals surface area contributed by atoms with Crippen LogP contribution in [-0.4, -0.2) is 36.7 Å². The highest BCUT2D eigenvalue weighted by Crippen LogP contribution is 2.31. The largest absolute Gasteiger partial charge is 0.487 e. The number of likely N-dealkylation sites (tertiary alicyclic amines) is 1. The van der Waals surface area contributed by atoms with Gasteiger partial charge in [-0.15, -0.1) is 6.42 Å². The highest BCUT2D eigenvalue weighted by Gasteiger charge is 2.33. The number of ether oxygens (including phenoxy) is 1. The van der Waals surface area contributed by atoms with Crippen LogP contribution in [0.15, 0.2) is 24.3 Å². The molecule has 2 amide bonds. The first-order chi connectivity index (χ1) is 9.90. The van der Waals surface area contributed by atoms with Gasteiger partial charge in [-0.05, 0) is 18.2 Å². The fourth-order valence-corrected chi connectivity index (χ4v) is 1.86. The van der Waals surface area contributed by atoms with Crippen LogP contribution in [0.1, 0.15) is 5.56 Å². The van der Waals surface area contributed by atoms with E-state index in [9.17, 15) is 18.0 Å².